The summed E-state index contributed by atoms with van der Waals surface area (Å²) in [4.78, 5) is 4.68. The molecule has 1 N–H and O–H groups in total. The van der Waals surface area contributed by atoms with Crippen LogP contribution in [0.1, 0.15) is 43.2 Å². The van der Waals surface area contributed by atoms with E-state index in [0.717, 1.165) is 16.7 Å². The Balaban J connectivity index is 1.85. The van der Waals surface area contributed by atoms with E-state index >= 15 is 0 Å². The first-order chi connectivity index (χ1) is 10.7. The Hall–Kier alpha value is -2.09. The van der Waals surface area contributed by atoms with Gasteiger partial charge in [-0.2, -0.15) is 0 Å². The van der Waals surface area contributed by atoms with Crippen LogP contribution in [0.5, 0.6) is 5.75 Å². The molecule has 2 aromatic rings. The van der Waals surface area contributed by atoms with Gasteiger partial charge in [0.1, 0.15) is 5.75 Å². The van der Waals surface area contributed by atoms with E-state index in [1.165, 1.54) is 37.7 Å². The monoisotopic (exact) mass is 293 g/mol. The van der Waals surface area contributed by atoms with Crippen molar-refractivity contribution in [2.75, 3.05) is 0 Å². The maximum atomic E-state index is 10.5. The third-order valence-electron chi connectivity index (χ3n) is 4.43. The van der Waals surface area contributed by atoms with E-state index in [1.807, 2.05) is 36.5 Å². The number of benzene rings is 2. The van der Waals surface area contributed by atoms with Gasteiger partial charge in [-0.1, -0.05) is 61.2 Å². The van der Waals surface area contributed by atoms with Crippen molar-refractivity contribution in [3.63, 3.8) is 0 Å². The molecule has 2 aromatic carbocycles. The van der Waals surface area contributed by atoms with E-state index in [1.54, 1.807) is 0 Å². The van der Waals surface area contributed by atoms with E-state index in [0.29, 0.717) is 11.8 Å². The minimum Gasteiger partial charge on any atom is -0.507 e. The van der Waals surface area contributed by atoms with Gasteiger partial charge >= 0.3 is 0 Å². The molecule has 0 bridgehead atoms. The van der Waals surface area contributed by atoms with Gasteiger partial charge in [-0.15, -0.1) is 0 Å². The largest absolute Gasteiger partial charge is 0.507 e. The van der Waals surface area contributed by atoms with Crippen LogP contribution in [-0.4, -0.2) is 17.4 Å². The minimum atomic E-state index is 0.325. The van der Waals surface area contributed by atoms with Crippen molar-refractivity contribution >= 4 is 6.21 Å². The first kappa shape index (κ1) is 14.8. The predicted octanol–water partition coefficient (Wildman–Crippen LogP) is 5.12. The lowest BCUT2D eigenvalue weighted by Gasteiger charge is -2.17. The quantitative estimate of drug-likeness (QED) is 0.783. The third kappa shape index (κ3) is 3.38. The SMILES string of the molecule is Cc1ccc(-c2cccc(C=NC3CCCCC3)c2O)cc1. The zero-order valence-corrected chi connectivity index (χ0v) is 13.1. The smallest absolute Gasteiger partial charge is 0.132 e. The topological polar surface area (TPSA) is 32.6 Å². The number of para-hydroxylation sites is 1. The fourth-order valence-electron chi connectivity index (χ4n) is 3.05. The highest BCUT2D eigenvalue weighted by Gasteiger charge is 2.12. The summed E-state index contributed by atoms with van der Waals surface area (Å²) in [5.41, 5.74) is 3.94. The Morgan fingerprint density at radius 3 is 2.45 bits per heavy atom. The highest BCUT2D eigenvalue weighted by Crippen LogP contribution is 2.31. The number of hydrogen-bond donors (Lipinski definition) is 1. The molecule has 114 valence electrons. The molecule has 0 unspecified atom stereocenters. The molecule has 0 heterocycles. The Bertz CT molecular complexity index is 652. The van der Waals surface area contributed by atoms with E-state index in [4.69, 9.17) is 0 Å². The Morgan fingerprint density at radius 1 is 1.00 bits per heavy atom. The van der Waals surface area contributed by atoms with Crippen LogP contribution in [0.4, 0.5) is 0 Å². The third-order valence-corrected chi connectivity index (χ3v) is 4.43. The van der Waals surface area contributed by atoms with Gasteiger partial charge in [-0.05, 0) is 31.4 Å². The summed E-state index contributed by atoms with van der Waals surface area (Å²) in [6.45, 7) is 2.07. The summed E-state index contributed by atoms with van der Waals surface area (Å²) >= 11 is 0. The average Bonchev–Trinajstić information content (AvgIpc) is 2.56. The lowest BCUT2D eigenvalue weighted by atomic mass is 9.96. The number of rotatable bonds is 3. The van der Waals surface area contributed by atoms with Crippen molar-refractivity contribution in [2.24, 2.45) is 4.99 Å². The summed E-state index contributed by atoms with van der Waals surface area (Å²) in [5.74, 6) is 0.325. The zero-order valence-electron chi connectivity index (χ0n) is 13.1. The van der Waals surface area contributed by atoms with Crippen LogP contribution in [0.25, 0.3) is 11.1 Å². The molecule has 0 aromatic heterocycles. The highest BCUT2D eigenvalue weighted by atomic mass is 16.3. The first-order valence-corrected chi connectivity index (χ1v) is 8.16. The first-order valence-electron chi connectivity index (χ1n) is 8.16. The fraction of sp³-hybridized carbons (Fsp3) is 0.350. The standard InChI is InChI=1S/C20H23NO/c1-15-10-12-16(13-11-15)19-9-5-6-17(20(19)22)14-21-18-7-3-2-4-8-18/h5-6,9-14,18,22H,2-4,7-8H2,1H3. The van der Waals surface area contributed by atoms with Crippen molar-refractivity contribution in [3.05, 3.63) is 53.6 Å². The molecule has 2 heteroatoms. The lowest BCUT2D eigenvalue weighted by Crippen LogP contribution is -2.09. The van der Waals surface area contributed by atoms with Gasteiger partial charge in [0.05, 0.1) is 0 Å². The molecule has 1 aliphatic carbocycles. The summed E-state index contributed by atoms with van der Waals surface area (Å²) in [5, 5.41) is 10.5. The number of aryl methyl sites for hydroxylation is 1. The van der Waals surface area contributed by atoms with Crippen molar-refractivity contribution in [3.8, 4) is 16.9 Å². The van der Waals surface area contributed by atoms with Crippen LogP contribution in [0.15, 0.2) is 47.5 Å². The van der Waals surface area contributed by atoms with Crippen LogP contribution in [-0.2, 0) is 0 Å². The number of phenols is 1. The molecule has 0 radical (unpaired) electrons. The van der Waals surface area contributed by atoms with Crippen LogP contribution in [0, 0.1) is 6.92 Å². The molecular formula is C20H23NO. The Kier molecular flexibility index (Phi) is 4.57. The summed E-state index contributed by atoms with van der Waals surface area (Å²) in [7, 11) is 0. The second kappa shape index (κ2) is 6.78. The molecule has 1 saturated carbocycles. The molecule has 1 fully saturated rings. The van der Waals surface area contributed by atoms with Crippen molar-refractivity contribution in [1.29, 1.82) is 0 Å². The number of phenolic OH excluding ortho intramolecular Hbond substituents is 1. The van der Waals surface area contributed by atoms with Crippen LogP contribution >= 0.6 is 0 Å². The molecule has 0 saturated heterocycles. The second-order valence-corrected chi connectivity index (χ2v) is 6.18. The molecule has 1 aliphatic rings. The van der Waals surface area contributed by atoms with Crippen molar-refractivity contribution in [2.45, 2.75) is 45.1 Å². The summed E-state index contributed by atoms with van der Waals surface area (Å²) in [6, 6.07) is 14.5. The molecule has 3 rings (SSSR count). The maximum Gasteiger partial charge on any atom is 0.132 e. The molecule has 0 atom stereocenters. The van der Waals surface area contributed by atoms with Crippen LogP contribution < -0.4 is 0 Å². The second-order valence-electron chi connectivity index (χ2n) is 6.18. The maximum absolute atomic E-state index is 10.5. The number of nitrogens with zero attached hydrogens (tertiary/aromatic N) is 1. The number of hydrogen-bond acceptors (Lipinski definition) is 2. The molecule has 22 heavy (non-hydrogen) atoms. The van der Waals surface area contributed by atoms with Gasteiger partial charge in [-0.3, -0.25) is 4.99 Å². The summed E-state index contributed by atoms with van der Waals surface area (Å²) < 4.78 is 0. The van der Waals surface area contributed by atoms with Gasteiger partial charge in [-0.25, -0.2) is 0 Å². The predicted molar refractivity (Wildman–Crippen MR) is 92.7 cm³/mol. The lowest BCUT2D eigenvalue weighted by molar-refractivity contribution is 0.444. The average molecular weight is 293 g/mol. The van der Waals surface area contributed by atoms with Crippen molar-refractivity contribution < 1.29 is 5.11 Å². The molecular weight excluding hydrogens is 270 g/mol. The van der Waals surface area contributed by atoms with E-state index in [-0.39, 0.29) is 0 Å². The van der Waals surface area contributed by atoms with Crippen LogP contribution in [0.3, 0.4) is 0 Å². The Labute approximate surface area is 132 Å². The summed E-state index contributed by atoms with van der Waals surface area (Å²) in [6.07, 6.45) is 8.09. The molecule has 0 aliphatic heterocycles. The normalized spacial score (nSPS) is 16.2. The van der Waals surface area contributed by atoms with Gasteiger partial charge in [0, 0.05) is 23.4 Å². The fourth-order valence-corrected chi connectivity index (χ4v) is 3.05. The number of aliphatic imine (C=N–C) groups is 1. The van der Waals surface area contributed by atoms with Gasteiger partial charge < -0.3 is 5.11 Å². The number of aromatic hydroxyl groups is 1. The minimum absolute atomic E-state index is 0.325. The Morgan fingerprint density at radius 2 is 1.73 bits per heavy atom. The molecule has 2 nitrogen and oxygen atoms in total. The van der Waals surface area contributed by atoms with Gasteiger partial charge in [0.25, 0.3) is 0 Å². The van der Waals surface area contributed by atoms with E-state index in [9.17, 15) is 5.11 Å². The molecule has 0 amide bonds. The zero-order chi connectivity index (χ0) is 15.4. The highest BCUT2D eigenvalue weighted by molar-refractivity contribution is 5.88. The van der Waals surface area contributed by atoms with E-state index < -0.39 is 0 Å². The molecule has 0 spiro atoms. The van der Waals surface area contributed by atoms with E-state index in [2.05, 4.69) is 24.0 Å². The van der Waals surface area contributed by atoms with Gasteiger partial charge in [0.2, 0.25) is 0 Å². The van der Waals surface area contributed by atoms with Gasteiger partial charge in [0.15, 0.2) is 0 Å². The van der Waals surface area contributed by atoms with Crippen molar-refractivity contribution in [1.82, 2.24) is 0 Å². The van der Waals surface area contributed by atoms with Crippen LogP contribution in [0.2, 0.25) is 0 Å².